The van der Waals surface area contributed by atoms with Crippen LogP contribution in [0.15, 0.2) is 18.9 Å². The van der Waals surface area contributed by atoms with Crippen molar-refractivity contribution in [2.45, 2.75) is 26.3 Å². The van der Waals surface area contributed by atoms with E-state index < -0.39 is 0 Å². The minimum Gasteiger partial charge on any atom is -0.368 e. The summed E-state index contributed by atoms with van der Waals surface area (Å²) in [6.45, 7) is 9.05. The summed E-state index contributed by atoms with van der Waals surface area (Å²) in [5, 5.41) is 0. The van der Waals surface area contributed by atoms with E-state index in [2.05, 4.69) is 30.4 Å². The maximum Gasteiger partial charge on any atom is 0.131 e. The molecule has 0 saturated carbocycles. The van der Waals surface area contributed by atoms with Gasteiger partial charge in [-0.1, -0.05) is 19.9 Å². The number of likely N-dealkylation sites (N-methyl/N-ethyl adjacent to an activating group) is 1. The highest BCUT2D eigenvalue weighted by Crippen LogP contribution is 2.18. The summed E-state index contributed by atoms with van der Waals surface area (Å²) in [4.78, 5) is 10.9. The van der Waals surface area contributed by atoms with Gasteiger partial charge in [0, 0.05) is 26.1 Å². The fourth-order valence-electron chi connectivity index (χ4n) is 1.47. The first-order valence-corrected chi connectivity index (χ1v) is 5.48. The van der Waals surface area contributed by atoms with E-state index in [-0.39, 0.29) is 0 Å². The Kier molecular flexibility index (Phi) is 4.43. The summed E-state index contributed by atoms with van der Waals surface area (Å²) in [6, 6.07) is 0. The van der Waals surface area contributed by atoms with Gasteiger partial charge in [-0.05, 0) is 0 Å². The van der Waals surface area contributed by atoms with Gasteiger partial charge in [-0.15, -0.1) is 6.58 Å². The van der Waals surface area contributed by atoms with E-state index in [9.17, 15) is 0 Å². The Labute approximate surface area is 97.2 Å². The van der Waals surface area contributed by atoms with Crippen molar-refractivity contribution >= 4 is 5.69 Å². The molecular formula is C12H20N4. The van der Waals surface area contributed by atoms with Crippen LogP contribution < -0.4 is 10.6 Å². The fraction of sp³-hybridized carbons (Fsp3) is 0.500. The van der Waals surface area contributed by atoms with Crippen LogP contribution in [0.25, 0.3) is 0 Å². The molecule has 0 saturated heterocycles. The van der Waals surface area contributed by atoms with Gasteiger partial charge < -0.3 is 10.6 Å². The van der Waals surface area contributed by atoms with Gasteiger partial charge in [0.25, 0.3) is 0 Å². The molecule has 4 heteroatoms. The lowest BCUT2D eigenvalue weighted by molar-refractivity contribution is 0.752. The highest BCUT2D eigenvalue weighted by Gasteiger charge is 2.10. The summed E-state index contributed by atoms with van der Waals surface area (Å²) in [5.41, 5.74) is 7.58. The van der Waals surface area contributed by atoms with E-state index in [1.807, 2.05) is 24.2 Å². The lowest BCUT2D eigenvalue weighted by atomic mass is 10.2. The summed E-state index contributed by atoms with van der Waals surface area (Å²) in [6.07, 6.45) is 3.69. The summed E-state index contributed by atoms with van der Waals surface area (Å²) >= 11 is 0. The van der Waals surface area contributed by atoms with Crippen LogP contribution in [0.2, 0.25) is 0 Å². The zero-order valence-corrected chi connectivity index (χ0v) is 10.3. The molecule has 0 aromatic carbocycles. The number of rotatable bonds is 5. The molecule has 4 nitrogen and oxygen atoms in total. The van der Waals surface area contributed by atoms with E-state index >= 15 is 0 Å². The van der Waals surface area contributed by atoms with Crippen LogP contribution in [0.4, 0.5) is 5.69 Å². The Morgan fingerprint density at radius 2 is 2.25 bits per heavy atom. The standard InChI is InChI=1S/C12H20N4/c1-5-6-16(4)11-8-14-12(9(2)3)15-10(11)7-13/h5,8-9H,1,6-7,13H2,2-4H3. The first-order chi connectivity index (χ1) is 7.60. The monoisotopic (exact) mass is 220 g/mol. The number of hydrogen-bond donors (Lipinski definition) is 1. The average Bonchev–Trinajstić information content (AvgIpc) is 2.28. The van der Waals surface area contributed by atoms with Gasteiger partial charge >= 0.3 is 0 Å². The molecule has 1 aromatic heterocycles. The molecule has 0 unspecified atom stereocenters. The number of nitrogens with two attached hydrogens (primary N) is 1. The molecule has 1 rings (SSSR count). The third-order valence-electron chi connectivity index (χ3n) is 2.39. The lowest BCUT2D eigenvalue weighted by Crippen LogP contribution is -2.21. The van der Waals surface area contributed by atoms with Gasteiger partial charge in [0.15, 0.2) is 0 Å². The largest absolute Gasteiger partial charge is 0.368 e. The number of hydrogen-bond acceptors (Lipinski definition) is 4. The quantitative estimate of drug-likeness (QED) is 0.767. The first-order valence-electron chi connectivity index (χ1n) is 5.48. The van der Waals surface area contributed by atoms with Gasteiger partial charge in [-0.3, -0.25) is 0 Å². The van der Waals surface area contributed by atoms with Crippen LogP contribution in [-0.4, -0.2) is 23.6 Å². The van der Waals surface area contributed by atoms with Crippen molar-refractivity contribution in [1.29, 1.82) is 0 Å². The molecule has 1 heterocycles. The van der Waals surface area contributed by atoms with Crippen molar-refractivity contribution < 1.29 is 0 Å². The van der Waals surface area contributed by atoms with Crippen LogP contribution in [0.5, 0.6) is 0 Å². The summed E-state index contributed by atoms with van der Waals surface area (Å²) < 4.78 is 0. The number of nitrogens with zero attached hydrogens (tertiary/aromatic N) is 3. The minimum absolute atomic E-state index is 0.323. The van der Waals surface area contributed by atoms with E-state index in [4.69, 9.17) is 5.73 Å². The van der Waals surface area contributed by atoms with Gasteiger partial charge in [-0.2, -0.15) is 0 Å². The average molecular weight is 220 g/mol. The topological polar surface area (TPSA) is 55.0 Å². The number of anilines is 1. The van der Waals surface area contributed by atoms with Crippen molar-refractivity contribution in [3.05, 3.63) is 30.4 Å². The van der Waals surface area contributed by atoms with Gasteiger partial charge in [-0.25, -0.2) is 9.97 Å². The molecule has 0 amide bonds. The molecule has 88 valence electrons. The van der Waals surface area contributed by atoms with Crippen molar-refractivity contribution in [3.63, 3.8) is 0 Å². The van der Waals surface area contributed by atoms with E-state index in [0.717, 1.165) is 23.8 Å². The van der Waals surface area contributed by atoms with Crippen molar-refractivity contribution in [2.75, 3.05) is 18.5 Å². The molecule has 2 N–H and O–H groups in total. The molecule has 0 aliphatic carbocycles. The molecule has 0 bridgehead atoms. The third-order valence-corrected chi connectivity index (χ3v) is 2.39. The van der Waals surface area contributed by atoms with Crippen LogP contribution in [-0.2, 0) is 6.54 Å². The van der Waals surface area contributed by atoms with E-state index in [1.165, 1.54) is 0 Å². The normalized spacial score (nSPS) is 10.6. The Morgan fingerprint density at radius 3 is 2.75 bits per heavy atom. The molecule has 0 aliphatic rings. The predicted molar refractivity (Wildman–Crippen MR) is 67.5 cm³/mol. The Hall–Kier alpha value is -1.42. The molecular weight excluding hydrogens is 200 g/mol. The summed E-state index contributed by atoms with van der Waals surface area (Å²) in [7, 11) is 1.98. The lowest BCUT2D eigenvalue weighted by Gasteiger charge is -2.20. The fourth-order valence-corrected chi connectivity index (χ4v) is 1.47. The van der Waals surface area contributed by atoms with Crippen LogP contribution in [0.3, 0.4) is 0 Å². The maximum absolute atomic E-state index is 5.71. The maximum atomic E-state index is 5.71. The number of aromatic nitrogens is 2. The first kappa shape index (κ1) is 12.6. The van der Waals surface area contributed by atoms with Crippen LogP contribution in [0.1, 0.15) is 31.3 Å². The molecule has 16 heavy (non-hydrogen) atoms. The third kappa shape index (κ3) is 2.79. The zero-order valence-electron chi connectivity index (χ0n) is 10.3. The van der Waals surface area contributed by atoms with Crippen molar-refractivity contribution in [2.24, 2.45) is 5.73 Å². The Morgan fingerprint density at radius 1 is 1.56 bits per heavy atom. The smallest absolute Gasteiger partial charge is 0.131 e. The summed E-state index contributed by atoms with van der Waals surface area (Å²) in [5.74, 6) is 1.17. The van der Waals surface area contributed by atoms with E-state index in [0.29, 0.717) is 12.5 Å². The minimum atomic E-state index is 0.323. The SMILES string of the molecule is C=CCN(C)c1cnc(C(C)C)nc1CN. The molecule has 0 atom stereocenters. The molecule has 0 aliphatic heterocycles. The highest BCUT2D eigenvalue weighted by molar-refractivity contribution is 5.48. The highest BCUT2D eigenvalue weighted by atomic mass is 15.1. The van der Waals surface area contributed by atoms with Gasteiger partial charge in [0.05, 0.1) is 17.6 Å². The Bertz CT molecular complexity index is 360. The molecule has 0 spiro atoms. The Balaban J connectivity index is 3.06. The van der Waals surface area contributed by atoms with Crippen LogP contribution >= 0.6 is 0 Å². The zero-order chi connectivity index (χ0) is 12.1. The molecule has 0 fully saturated rings. The van der Waals surface area contributed by atoms with Gasteiger partial charge in [0.1, 0.15) is 5.82 Å². The van der Waals surface area contributed by atoms with Gasteiger partial charge in [0.2, 0.25) is 0 Å². The predicted octanol–water partition coefficient (Wildman–Crippen LogP) is 1.68. The molecule has 1 aromatic rings. The second-order valence-corrected chi connectivity index (χ2v) is 4.09. The van der Waals surface area contributed by atoms with E-state index in [1.54, 1.807) is 0 Å². The second kappa shape index (κ2) is 5.61. The van der Waals surface area contributed by atoms with Crippen molar-refractivity contribution in [3.8, 4) is 0 Å². The van der Waals surface area contributed by atoms with Crippen LogP contribution in [0, 0.1) is 0 Å². The second-order valence-electron chi connectivity index (χ2n) is 4.09. The molecule has 0 radical (unpaired) electrons. The van der Waals surface area contributed by atoms with Crippen molar-refractivity contribution in [1.82, 2.24) is 9.97 Å².